The molecule has 2 aliphatic heterocycles. The predicted molar refractivity (Wildman–Crippen MR) is 215 cm³/mol. The lowest BCUT2D eigenvalue weighted by molar-refractivity contribution is -0.289. The summed E-state index contributed by atoms with van der Waals surface area (Å²) in [5.41, 5.74) is -4.20. The molecule has 2 fully saturated rings. The number of likely N-dealkylation sites (tertiary alicyclic amines) is 2. The van der Waals surface area contributed by atoms with Crippen LogP contribution in [0.25, 0.3) is 0 Å². The van der Waals surface area contributed by atoms with Crippen LogP contribution in [0.1, 0.15) is 208 Å². The molecule has 0 spiro atoms. The van der Waals surface area contributed by atoms with E-state index in [-0.39, 0.29) is 29.5 Å². The summed E-state index contributed by atoms with van der Waals surface area (Å²) in [6.07, 6.45) is 9.25. The monoisotopic (exact) mass is 737 g/mol. The van der Waals surface area contributed by atoms with Crippen molar-refractivity contribution in [1.29, 1.82) is 0 Å². The molecule has 0 aliphatic carbocycles. The molecule has 0 bridgehead atoms. The van der Waals surface area contributed by atoms with Crippen LogP contribution in [-0.2, 0) is 19.1 Å². The van der Waals surface area contributed by atoms with Crippen molar-refractivity contribution in [3.63, 3.8) is 0 Å². The molecule has 0 saturated carbocycles. The summed E-state index contributed by atoms with van der Waals surface area (Å²) >= 11 is 0. The summed E-state index contributed by atoms with van der Waals surface area (Å²) in [5, 5.41) is 21.2. The fraction of sp³-hybridized carbons (Fsp3) is 0.955. The average Bonchev–Trinajstić information content (AvgIpc) is 2.87. The molecule has 2 rings (SSSR count). The fourth-order valence-corrected chi connectivity index (χ4v) is 11.3. The first-order valence-corrected chi connectivity index (χ1v) is 20.5. The number of piperidine rings is 2. The molecule has 2 saturated heterocycles. The molecule has 52 heavy (non-hydrogen) atoms. The minimum atomic E-state index is -1.38. The third-order valence-corrected chi connectivity index (χ3v) is 11.8. The number of carbonyl (C=O) groups is 2. The standard InChI is InChI=1S/C44H84N2O6/c1-36(2,3)30-40(11,12)51-32-25-28-38(7,8)45(42(32,15)16)44(35(49)50,27-23-21-19-20-22-24-34(47)48)46-39(9,10)29-26-33(43(46,17)18)52-41(13,14)31-37(4,5)6/h32-33H,19-31H2,1-18H3,(H,47,48)(H,49,50). The maximum Gasteiger partial charge on any atom is 0.339 e. The van der Waals surface area contributed by atoms with E-state index in [1.165, 1.54) is 0 Å². The van der Waals surface area contributed by atoms with E-state index in [2.05, 4.69) is 134 Å². The molecule has 8 nitrogen and oxygen atoms in total. The fourth-order valence-electron chi connectivity index (χ4n) is 11.3. The van der Waals surface area contributed by atoms with Gasteiger partial charge in [-0.3, -0.25) is 14.6 Å². The van der Waals surface area contributed by atoms with Gasteiger partial charge in [-0.25, -0.2) is 4.79 Å². The second kappa shape index (κ2) is 16.1. The average molecular weight is 737 g/mol. The molecule has 0 radical (unpaired) electrons. The molecule has 0 aromatic carbocycles. The van der Waals surface area contributed by atoms with Gasteiger partial charge in [-0.05, 0) is 152 Å². The SMILES string of the molecule is CC(C)(C)CC(C)(C)OC1CCC(C)(C)N(C(CCCCCCCC(=O)O)(C(=O)O)N2C(C)(C)CCC(OC(C)(C)CC(C)(C)C)C2(C)C)C1(C)C. The van der Waals surface area contributed by atoms with Crippen LogP contribution in [0, 0.1) is 10.8 Å². The summed E-state index contributed by atoms with van der Waals surface area (Å²) in [7, 11) is 0. The van der Waals surface area contributed by atoms with Crippen molar-refractivity contribution in [2.75, 3.05) is 0 Å². The van der Waals surface area contributed by atoms with Crippen LogP contribution >= 0.6 is 0 Å². The van der Waals surface area contributed by atoms with Gasteiger partial charge < -0.3 is 19.7 Å². The Balaban J connectivity index is 2.82. The Morgan fingerprint density at radius 2 is 0.942 bits per heavy atom. The van der Waals surface area contributed by atoms with Crippen LogP contribution in [0.2, 0.25) is 0 Å². The largest absolute Gasteiger partial charge is 0.481 e. The summed E-state index contributed by atoms with van der Waals surface area (Å²) in [4.78, 5) is 30.7. The van der Waals surface area contributed by atoms with Crippen LogP contribution in [0.4, 0.5) is 0 Å². The van der Waals surface area contributed by atoms with Crippen LogP contribution in [-0.4, -0.2) is 83.2 Å². The van der Waals surface area contributed by atoms with Crippen molar-refractivity contribution in [2.45, 2.75) is 259 Å². The Bertz CT molecular complexity index is 1130. The third kappa shape index (κ3) is 11.6. The molecule has 2 unspecified atom stereocenters. The highest BCUT2D eigenvalue weighted by Gasteiger charge is 2.68. The van der Waals surface area contributed by atoms with Gasteiger partial charge in [-0.1, -0.05) is 60.8 Å². The van der Waals surface area contributed by atoms with E-state index in [1.807, 2.05) is 0 Å². The van der Waals surface area contributed by atoms with Gasteiger partial charge in [-0.2, -0.15) is 0 Å². The van der Waals surface area contributed by atoms with Gasteiger partial charge in [0, 0.05) is 28.6 Å². The van der Waals surface area contributed by atoms with Gasteiger partial charge in [0.25, 0.3) is 0 Å². The molecule has 2 heterocycles. The van der Waals surface area contributed by atoms with Crippen LogP contribution in [0.5, 0.6) is 0 Å². The molecule has 8 heteroatoms. The van der Waals surface area contributed by atoms with Gasteiger partial charge >= 0.3 is 11.9 Å². The first-order valence-electron chi connectivity index (χ1n) is 20.5. The van der Waals surface area contributed by atoms with Crippen LogP contribution < -0.4 is 0 Å². The number of hydrogen-bond acceptors (Lipinski definition) is 6. The Morgan fingerprint density at radius 3 is 1.27 bits per heavy atom. The van der Waals surface area contributed by atoms with Gasteiger partial charge in [0.1, 0.15) is 0 Å². The number of nitrogens with zero attached hydrogens (tertiary/aromatic N) is 2. The van der Waals surface area contributed by atoms with Crippen molar-refractivity contribution < 1.29 is 29.3 Å². The van der Waals surface area contributed by atoms with Gasteiger partial charge in [0.05, 0.1) is 23.4 Å². The highest BCUT2D eigenvalue weighted by molar-refractivity contribution is 5.79. The topological polar surface area (TPSA) is 99.5 Å². The van der Waals surface area contributed by atoms with Crippen molar-refractivity contribution in [3.8, 4) is 0 Å². The number of rotatable bonds is 17. The number of aliphatic carboxylic acids is 2. The minimum absolute atomic E-state index is 0.0776. The lowest BCUT2D eigenvalue weighted by atomic mass is 9.69. The second-order valence-electron chi connectivity index (χ2n) is 22.7. The zero-order chi connectivity index (χ0) is 40.6. The maximum absolute atomic E-state index is 14.7. The van der Waals surface area contributed by atoms with E-state index >= 15 is 0 Å². The van der Waals surface area contributed by atoms with Gasteiger partial charge in [0.15, 0.2) is 5.66 Å². The molecule has 306 valence electrons. The first-order chi connectivity index (χ1) is 23.1. The normalized spacial score (nSPS) is 25.4. The molecule has 0 amide bonds. The van der Waals surface area contributed by atoms with Crippen LogP contribution in [0.15, 0.2) is 0 Å². The Morgan fingerprint density at radius 1 is 0.596 bits per heavy atom. The number of carboxylic acids is 2. The Labute approximate surface area is 320 Å². The van der Waals surface area contributed by atoms with Crippen LogP contribution in [0.3, 0.4) is 0 Å². The van der Waals surface area contributed by atoms with E-state index in [0.717, 1.165) is 57.8 Å². The minimum Gasteiger partial charge on any atom is -0.481 e. The third-order valence-electron chi connectivity index (χ3n) is 11.8. The van der Waals surface area contributed by atoms with E-state index in [4.69, 9.17) is 14.6 Å². The Kier molecular flexibility index (Phi) is 14.5. The quantitative estimate of drug-likeness (QED) is 0.142. The van der Waals surface area contributed by atoms with E-state index in [9.17, 15) is 14.7 Å². The van der Waals surface area contributed by atoms with E-state index in [1.54, 1.807) is 0 Å². The zero-order valence-corrected chi connectivity index (χ0v) is 37.3. The second-order valence-corrected chi connectivity index (χ2v) is 22.7. The summed E-state index contributed by atoms with van der Waals surface area (Å²) < 4.78 is 14.3. The molecule has 2 N–H and O–H groups in total. The summed E-state index contributed by atoms with van der Waals surface area (Å²) in [6.45, 7) is 40.1. The Hall–Kier alpha value is -1.22. The maximum atomic E-state index is 14.7. The summed E-state index contributed by atoms with van der Waals surface area (Å²) in [6, 6.07) is 0. The first kappa shape index (κ1) is 46.9. The highest BCUT2D eigenvalue weighted by Crippen LogP contribution is 2.55. The lowest BCUT2D eigenvalue weighted by Gasteiger charge is -2.70. The molecular formula is C44H84N2O6. The smallest absolute Gasteiger partial charge is 0.339 e. The zero-order valence-electron chi connectivity index (χ0n) is 37.3. The molecular weight excluding hydrogens is 652 g/mol. The molecule has 2 atom stereocenters. The van der Waals surface area contributed by atoms with Gasteiger partial charge in [-0.15, -0.1) is 0 Å². The van der Waals surface area contributed by atoms with Crippen molar-refractivity contribution in [1.82, 2.24) is 9.80 Å². The van der Waals surface area contributed by atoms with Crippen molar-refractivity contribution in [2.24, 2.45) is 10.8 Å². The summed E-state index contributed by atoms with van der Waals surface area (Å²) in [5.74, 6) is -1.58. The number of unbranched alkanes of at least 4 members (excludes halogenated alkanes) is 4. The highest BCUT2D eigenvalue weighted by atomic mass is 16.5. The number of ether oxygens (including phenoxy) is 2. The number of hydrogen-bond donors (Lipinski definition) is 2. The van der Waals surface area contributed by atoms with Crippen molar-refractivity contribution >= 4 is 11.9 Å². The number of carboxylic acid groups (broad SMARTS) is 2. The van der Waals surface area contributed by atoms with E-state index in [0.29, 0.717) is 19.3 Å². The molecule has 0 aromatic heterocycles. The van der Waals surface area contributed by atoms with E-state index < -0.39 is 51.0 Å². The lowest BCUT2D eigenvalue weighted by Crippen LogP contribution is -2.85. The van der Waals surface area contributed by atoms with Gasteiger partial charge in [0.2, 0.25) is 0 Å². The van der Waals surface area contributed by atoms with Crippen molar-refractivity contribution in [3.05, 3.63) is 0 Å². The molecule has 0 aromatic rings. The molecule has 2 aliphatic rings. The predicted octanol–water partition coefficient (Wildman–Crippen LogP) is 11.1.